The summed E-state index contributed by atoms with van der Waals surface area (Å²) in [6, 6.07) is 23.2. The number of rotatable bonds is 7. The molecule has 1 aliphatic heterocycles. The Bertz CT molecular complexity index is 2380. The highest BCUT2D eigenvalue weighted by molar-refractivity contribution is 6.19. The molecule has 1 fully saturated rings. The first-order valence-electron chi connectivity index (χ1n) is 15.3. The van der Waals surface area contributed by atoms with Crippen molar-refractivity contribution < 1.29 is 31.4 Å². The minimum absolute atomic E-state index is 0.0504. The van der Waals surface area contributed by atoms with Crippen molar-refractivity contribution in [2.24, 2.45) is 0 Å². The summed E-state index contributed by atoms with van der Waals surface area (Å²) in [6.07, 6.45) is 0. The minimum atomic E-state index is -1.56. The van der Waals surface area contributed by atoms with Crippen molar-refractivity contribution in [1.29, 1.82) is 0 Å². The van der Waals surface area contributed by atoms with Crippen LogP contribution in [0.5, 0.6) is 0 Å². The fraction of sp³-hybridized carbons (Fsp3) is 0.171. The molecule has 6 aromatic rings. The molecule has 0 N–H and O–H groups in total. The van der Waals surface area contributed by atoms with Gasteiger partial charge >= 0.3 is 22.5 Å². The number of hydrogen-bond donors (Lipinski definition) is 0. The third-order valence-electron chi connectivity index (χ3n) is 8.05. The van der Waals surface area contributed by atoms with Crippen LogP contribution in [0.1, 0.15) is 39.2 Å². The number of piperazine rings is 1. The van der Waals surface area contributed by atoms with E-state index in [1.807, 2.05) is 36.4 Å². The van der Waals surface area contributed by atoms with E-state index in [2.05, 4.69) is 44.2 Å². The number of ketones is 1. The normalized spacial score (nSPS) is 13.9. The number of carbonyl (C=O) groups is 1. The maximum atomic E-state index is 15.7. The van der Waals surface area contributed by atoms with Crippen LogP contribution in [-0.2, 0) is 6.54 Å². The minimum Gasteiger partial charge on any atom is -0.418 e. The lowest BCUT2D eigenvalue weighted by atomic mass is 9.96. The van der Waals surface area contributed by atoms with Gasteiger partial charge in [0.15, 0.2) is 11.2 Å². The van der Waals surface area contributed by atoms with Crippen LogP contribution < -0.4 is 22.5 Å². The Hall–Kier alpha value is -6.32. The number of fused-ring (bicyclic) bond motifs is 2. The van der Waals surface area contributed by atoms with Crippen molar-refractivity contribution in [3.63, 3.8) is 0 Å². The number of halogens is 1. The molecule has 7 rings (SSSR count). The summed E-state index contributed by atoms with van der Waals surface area (Å²) >= 11 is 0. The molecular formula is C35H25FN4O10. The van der Waals surface area contributed by atoms with Gasteiger partial charge in [-0.15, -0.1) is 0 Å². The first-order valence-corrected chi connectivity index (χ1v) is 15.3. The highest BCUT2D eigenvalue weighted by Crippen LogP contribution is 2.31. The van der Waals surface area contributed by atoms with Crippen LogP contribution in [0, 0.1) is 5.82 Å². The Kier molecular flexibility index (Phi) is 8.81. The summed E-state index contributed by atoms with van der Waals surface area (Å²) in [5.41, 5.74) is -7.33. The van der Waals surface area contributed by atoms with Gasteiger partial charge in [0.1, 0.15) is 5.56 Å². The summed E-state index contributed by atoms with van der Waals surface area (Å²) in [4.78, 5) is 71.9. The second-order valence-corrected chi connectivity index (χ2v) is 11.2. The average molecular weight is 681 g/mol. The second kappa shape index (κ2) is 13.7. The lowest BCUT2D eigenvalue weighted by Gasteiger charge is -2.39. The molecule has 0 amide bonds. The quantitative estimate of drug-likeness (QED) is 0.223. The molecule has 1 aliphatic rings. The van der Waals surface area contributed by atoms with Crippen molar-refractivity contribution in [1.82, 2.24) is 19.9 Å². The fourth-order valence-corrected chi connectivity index (χ4v) is 5.81. The highest BCUT2D eigenvalue weighted by atomic mass is 19.1. The molecule has 0 saturated carbocycles. The Labute approximate surface area is 278 Å². The van der Waals surface area contributed by atoms with Crippen molar-refractivity contribution in [3.8, 4) is 0 Å². The molecule has 0 unspecified atom stereocenters. The van der Waals surface area contributed by atoms with Gasteiger partial charge in [0.05, 0.1) is 12.6 Å². The van der Waals surface area contributed by atoms with E-state index in [9.17, 15) is 24.0 Å². The van der Waals surface area contributed by atoms with E-state index in [1.165, 1.54) is 11.1 Å². The Morgan fingerprint density at radius 1 is 0.660 bits per heavy atom. The SMILES string of the molecule is O=C(c1noc(CN2CCN(C(c3ccccc3)c3ccccc3)CC2)n1)c1c2oc(=O)ccc(=O)oc2c(F)c2oc(=O)ccc(=O)oc12. The van der Waals surface area contributed by atoms with Gasteiger partial charge in [-0.1, -0.05) is 65.8 Å². The van der Waals surface area contributed by atoms with Gasteiger partial charge in [-0.05, 0) is 11.1 Å². The first-order chi connectivity index (χ1) is 24.2. The van der Waals surface area contributed by atoms with Gasteiger partial charge in [0, 0.05) is 50.4 Å². The number of nitrogens with zero attached hydrogens (tertiary/aromatic N) is 4. The van der Waals surface area contributed by atoms with Crippen LogP contribution in [0.25, 0.3) is 22.3 Å². The molecule has 0 radical (unpaired) electrons. The fourth-order valence-electron chi connectivity index (χ4n) is 5.81. The van der Waals surface area contributed by atoms with E-state index in [1.54, 1.807) is 0 Å². The maximum Gasteiger partial charge on any atom is 0.336 e. The van der Waals surface area contributed by atoms with E-state index in [0.717, 1.165) is 0 Å². The predicted molar refractivity (Wildman–Crippen MR) is 172 cm³/mol. The van der Waals surface area contributed by atoms with Gasteiger partial charge in [0.25, 0.3) is 0 Å². The predicted octanol–water partition coefficient (Wildman–Crippen LogP) is 3.59. The average Bonchev–Trinajstić information content (AvgIpc) is 3.59. The smallest absolute Gasteiger partial charge is 0.336 e. The van der Waals surface area contributed by atoms with Crippen LogP contribution in [0.2, 0.25) is 0 Å². The summed E-state index contributed by atoms with van der Waals surface area (Å²) in [7, 11) is 0. The van der Waals surface area contributed by atoms with Gasteiger partial charge in [-0.2, -0.15) is 9.37 Å². The molecule has 4 heterocycles. The summed E-state index contributed by atoms with van der Waals surface area (Å²) in [5, 5.41) is 3.76. The Balaban J connectivity index is 1.21. The molecule has 3 aromatic heterocycles. The first kappa shape index (κ1) is 32.2. The van der Waals surface area contributed by atoms with Crippen molar-refractivity contribution in [2.75, 3.05) is 26.2 Å². The van der Waals surface area contributed by atoms with Gasteiger partial charge in [-0.3, -0.25) is 14.6 Å². The molecule has 50 heavy (non-hydrogen) atoms. The molecule has 0 atom stereocenters. The number of aromatic nitrogens is 2. The largest absolute Gasteiger partial charge is 0.418 e. The van der Waals surface area contributed by atoms with Crippen molar-refractivity contribution in [3.05, 3.63) is 161 Å². The third-order valence-corrected chi connectivity index (χ3v) is 8.05. The van der Waals surface area contributed by atoms with E-state index < -0.39 is 67.8 Å². The lowest BCUT2D eigenvalue weighted by Crippen LogP contribution is -2.47. The monoisotopic (exact) mass is 680 g/mol. The van der Waals surface area contributed by atoms with Crippen LogP contribution >= 0.6 is 0 Å². The number of benzene rings is 3. The molecular weight excluding hydrogens is 655 g/mol. The summed E-state index contributed by atoms with van der Waals surface area (Å²) in [5.74, 6) is -3.29. The van der Waals surface area contributed by atoms with Gasteiger partial charge < -0.3 is 22.2 Å². The van der Waals surface area contributed by atoms with Crippen LogP contribution in [-0.4, -0.2) is 51.9 Å². The second-order valence-electron chi connectivity index (χ2n) is 11.2. The summed E-state index contributed by atoms with van der Waals surface area (Å²) in [6.45, 7) is 2.84. The highest BCUT2D eigenvalue weighted by Gasteiger charge is 2.31. The third kappa shape index (κ3) is 6.54. The number of hydrogen-bond acceptors (Lipinski definition) is 14. The molecule has 14 nitrogen and oxygen atoms in total. The molecule has 1 saturated heterocycles. The molecule has 3 aromatic carbocycles. The zero-order chi connectivity index (χ0) is 34.8. The zero-order valence-corrected chi connectivity index (χ0v) is 25.9. The van der Waals surface area contributed by atoms with Crippen LogP contribution in [0.3, 0.4) is 0 Å². The van der Waals surface area contributed by atoms with Crippen LogP contribution in [0.4, 0.5) is 4.39 Å². The van der Waals surface area contributed by atoms with Crippen LogP contribution in [0.15, 0.2) is 126 Å². The topological polar surface area (TPSA) is 183 Å². The van der Waals surface area contributed by atoms with E-state index in [0.29, 0.717) is 50.4 Å². The van der Waals surface area contributed by atoms with Crippen molar-refractivity contribution >= 4 is 28.1 Å². The van der Waals surface area contributed by atoms with Crippen molar-refractivity contribution in [2.45, 2.75) is 12.6 Å². The summed E-state index contributed by atoms with van der Waals surface area (Å²) < 4.78 is 41.3. The van der Waals surface area contributed by atoms with E-state index >= 15 is 4.39 Å². The molecule has 0 spiro atoms. The molecule has 15 heteroatoms. The molecule has 252 valence electrons. The van der Waals surface area contributed by atoms with Gasteiger partial charge in [0.2, 0.25) is 34.5 Å². The van der Waals surface area contributed by atoms with E-state index in [-0.39, 0.29) is 18.5 Å². The molecule has 0 aliphatic carbocycles. The zero-order valence-electron chi connectivity index (χ0n) is 25.9. The lowest BCUT2D eigenvalue weighted by molar-refractivity contribution is 0.0966. The standard InChI is InChI=1S/C35H25FN4O10/c36-28-33-31(46-23(41)11-13-25(43)48-33)27(32-34(28)49-26(44)14-12-24(42)47-32)30(45)35-37-22(50-38-35)19-39-15-17-40(18-16-39)29(20-7-3-1-4-8-20)21-9-5-2-6-10-21/h1-14,29H,15-19H2. The maximum absolute atomic E-state index is 15.7. The Morgan fingerprint density at radius 3 is 1.60 bits per heavy atom. The van der Waals surface area contributed by atoms with Gasteiger partial charge in [-0.25, -0.2) is 19.2 Å². The van der Waals surface area contributed by atoms with E-state index in [4.69, 9.17) is 22.2 Å². The molecule has 0 bridgehead atoms. The number of carbonyl (C=O) groups excluding carboxylic acids is 1. The Morgan fingerprint density at radius 2 is 1.12 bits per heavy atom.